The van der Waals surface area contributed by atoms with Gasteiger partial charge >= 0.3 is 0 Å². The zero-order valence-electron chi connectivity index (χ0n) is 12.9. The number of hydrogen-bond donors (Lipinski definition) is 1. The molecule has 2 atom stereocenters. The van der Waals surface area contributed by atoms with Gasteiger partial charge in [-0.1, -0.05) is 6.92 Å². The Morgan fingerprint density at radius 3 is 2.60 bits per heavy atom. The maximum absolute atomic E-state index is 13.4. The van der Waals surface area contributed by atoms with E-state index in [1.807, 2.05) is 6.92 Å². The van der Waals surface area contributed by atoms with Gasteiger partial charge in [-0.15, -0.1) is 0 Å². The van der Waals surface area contributed by atoms with Crippen molar-refractivity contribution in [2.75, 3.05) is 31.6 Å². The van der Waals surface area contributed by atoms with Crippen molar-refractivity contribution in [3.63, 3.8) is 0 Å². The van der Waals surface area contributed by atoms with E-state index >= 15 is 0 Å². The van der Waals surface area contributed by atoms with E-state index in [9.17, 15) is 4.39 Å². The van der Waals surface area contributed by atoms with Crippen LogP contribution in [-0.2, 0) is 6.54 Å². The van der Waals surface area contributed by atoms with Crippen molar-refractivity contribution in [3.05, 3.63) is 23.6 Å². The Labute approximate surface area is 121 Å². The fraction of sp³-hybridized carbons (Fsp3) is 0.667. The van der Waals surface area contributed by atoms with E-state index in [1.54, 1.807) is 6.07 Å². The van der Waals surface area contributed by atoms with Crippen molar-refractivity contribution in [2.45, 2.75) is 39.4 Å². The fourth-order valence-electron chi connectivity index (χ4n) is 2.73. The molecule has 20 heavy (non-hydrogen) atoms. The molecule has 1 aliphatic heterocycles. The van der Waals surface area contributed by atoms with Crippen molar-refractivity contribution in [3.8, 4) is 0 Å². The molecule has 1 saturated heterocycles. The molecule has 2 unspecified atom stereocenters. The molecule has 1 N–H and O–H groups in total. The van der Waals surface area contributed by atoms with Gasteiger partial charge in [-0.2, -0.15) is 0 Å². The van der Waals surface area contributed by atoms with E-state index in [0.29, 0.717) is 18.6 Å². The lowest BCUT2D eigenvalue weighted by Crippen LogP contribution is -2.55. The number of piperazine rings is 1. The third-order valence-electron chi connectivity index (χ3n) is 4.13. The van der Waals surface area contributed by atoms with Crippen LogP contribution in [-0.4, -0.2) is 48.6 Å². The summed E-state index contributed by atoms with van der Waals surface area (Å²) in [7, 11) is 2.16. The van der Waals surface area contributed by atoms with Crippen LogP contribution in [0.3, 0.4) is 0 Å². The minimum atomic E-state index is -0.267. The molecule has 0 aromatic carbocycles. The maximum Gasteiger partial charge on any atom is 0.141 e. The maximum atomic E-state index is 13.4. The van der Waals surface area contributed by atoms with Gasteiger partial charge in [-0.05, 0) is 33.5 Å². The third-order valence-corrected chi connectivity index (χ3v) is 4.13. The summed E-state index contributed by atoms with van der Waals surface area (Å²) in [5, 5.41) is 3.26. The Balaban J connectivity index is 2.23. The molecule has 2 heterocycles. The Hall–Kier alpha value is -1.20. The monoisotopic (exact) mass is 280 g/mol. The van der Waals surface area contributed by atoms with Gasteiger partial charge in [0.15, 0.2) is 0 Å². The molecule has 5 heteroatoms. The second-order valence-electron chi connectivity index (χ2n) is 5.69. The lowest BCUT2D eigenvalue weighted by atomic mass is 10.1. The molecular weight excluding hydrogens is 255 g/mol. The lowest BCUT2D eigenvalue weighted by molar-refractivity contribution is 0.169. The largest absolute Gasteiger partial charge is 0.353 e. The highest BCUT2D eigenvalue weighted by molar-refractivity contribution is 5.48. The summed E-state index contributed by atoms with van der Waals surface area (Å²) in [6.07, 6.45) is 1.32. The quantitative estimate of drug-likeness (QED) is 0.912. The number of halogens is 1. The minimum Gasteiger partial charge on any atom is -0.353 e. The van der Waals surface area contributed by atoms with Gasteiger partial charge in [-0.25, -0.2) is 9.37 Å². The number of rotatable bonds is 4. The summed E-state index contributed by atoms with van der Waals surface area (Å²) in [5.74, 6) is 0.649. The Kier molecular flexibility index (Phi) is 4.94. The topological polar surface area (TPSA) is 31.4 Å². The molecule has 1 fully saturated rings. The summed E-state index contributed by atoms with van der Waals surface area (Å²) < 4.78 is 13.4. The molecule has 1 aromatic heterocycles. The molecule has 1 aliphatic rings. The molecular formula is C15H25FN4. The first-order valence-electron chi connectivity index (χ1n) is 7.35. The van der Waals surface area contributed by atoms with Crippen molar-refractivity contribution < 1.29 is 4.39 Å². The number of nitrogens with zero attached hydrogens (tertiary/aromatic N) is 3. The first-order chi connectivity index (χ1) is 9.52. The van der Waals surface area contributed by atoms with Crippen LogP contribution in [0.4, 0.5) is 10.2 Å². The summed E-state index contributed by atoms with van der Waals surface area (Å²) in [6, 6.07) is 2.54. The number of nitrogens with one attached hydrogen (secondary N) is 1. The van der Waals surface area contributed by atoms with E-state index in [2.05, 4.69) is 41.0 Å². The van der Waals surface area contributed by atoms with Gasteiger partial charge in [-0.3, -0.25) is 4.90 Å². The molecule has 112 valence electrons. The van der Waals surface area contributed by atoms with Crippen molar-refractivity contribution in [1.82, 2.24) is 15.2 Å². The molecule has 2 rings (SSSR count). The molecule has 1 aromatic rings. The highest BCUT2D eigenvalue weighted by Gasteiger charge is 2.28. The molecule has 0 bridgehead atoms. The van der Waals surface area contributed by atoms with Crippen LogP contribution in [0, 0.1) is 5.82 Å². The Morgan fingerprint density at radius 2 is 2.00 bits per heavy atom. The predicted molar refractivity (Wildman–Crippen MR) is 80.5 cm³/mol. The molecule has 0 saturated carbocycles. The summed E-state index contributed by atoms with van der Waals surface area (Å²) in [6.45, 7) is 9.87. The predicted octanol–water partition coefficient (Wildman–Crippen LogP) is 1.86. The van der Waals surface area contributed by atoms with Gasteiger partial charge in [0.05, 0.1) is 6.20 Å². The minimum absolute atomic E-state index is 0.267. The first kappa shape index (κ1) is 15.2. The van der Waals surface area contributed by atoms with Gasteiger partial charge < -0.3 is 10.2 Å². The standard InChI is InChI=1S/C15H25FN4/c1-5-17-7-13-6-14(16)8-18-15(13)20-9-11(2)19(4)12(3)10-20/h6,8,11-12,17H,5,7,9-10H2,1-4H3. The average Bonchev–Trinajstić information content (AvgIpc) is 2.42. The normalized spacial score (nSPS) is 24.1. The highest BCUT2D eigenvalue weighted by Crippen LogP contribution is 2.23. The van der Waals surface area contributed by atoms with Gasteiger partial charge in [0, 0.05) is 37.3 Å². The molecule has 0 radical (unpaired) electrons. The van der Waals surface area contributed by atoms with E-state index in [0.717, 1.165) is 31.0 Å². The van der Waals surface area contributed by atoms with Crippen LogP contribution in [0.1, 0.15) is 26.3 Å². The van der Waals surface area contributed by atoms with E-state index in [4.69, 9.17) is 0 Å². The van der Waals surface area contributed by atoms with Crippen LogP contribution in [0.25, 0.3) is 0 Å². The second-order valence-corrected chi connectivity index (χ2v) is 5.69. The van der Waals surface area contributed by atoms with E-state index in [-0.39, 0.29) is 5.82 Å². The average molecular weight is 280 g/mol. The molecule has 0 amide bonds. The lowest BCUT2D eigenvalue weighted by Gasteiger charge is -2.43. The number of aromatic nitrogens is 1. The van der Waals surface area contributed by atoms with E-state index < -0.39 is 0 Å². The van der Waals surface area contributed by atoms with Gasteiger partial charge in [0.1, 0.15) is 11.6 Å². The van der Waals surface area contributed by atoms with Crippen molar-refractivity contribution in [1.29, 1.82) is 0 Å². The van der Waals surface area contributed by atoms with Gasteiger partial charge in [0.25, 0.3) is 0 Å². The highest BCUT2D eigenvalue weighted by atomic mass is 19.1. The second kappa shape index (κ2) is 6.50. The fourth-order valence-corrected chi connectivity index (χ4v) is 2.73. The zero-order chi connectivity index (χ0) is 14.7. The van der Waals surface area contributed by atoms with Crippen LogP contribution in [0.15, 0.2) is 12.3 Å². The molecule has 0 spiro atoms. The number of anilines is 1. The van der Waals surface area contributed by atoms with Crippen LogP contribution >= 0.6 is 0 Å². The zero-order valence-corrected chi connectivity index (χ0v) is 12.9. The number of pyridine rings is 1. The number of likely N-dealkylation sites (N-methyl/N-ethyl adjacent to an activating group) is 1. The van der Waals surface area contributed by atoms with Gasteiger partial charge in [0.2, 0.25) is 0 Å². The van der Waals surface area contributed by atoms with Crippen LogP contribution in [0.5, 0.6) is 0 Å². The number of hydrogen-bond acceptors (Lipinski definition) is 4. The molecule has 4 nitrogen and oxygen atoms in total. The summed E-state index contributed by atoms with van der Waals surface area (Å²) in [5.41, 5.74) is 0.941. The molecule has 0 aliphatic carbocycles. The summed E-state index contributed by atoms with van der Waals surface area (Å²) >= 11 is 0. The van der Waals surface area contributed by atoms with Crippen LogP contribution < -0.4 is 10.2 Å². The van der Waals surface area contributed by atoms with Crippen LogP contribution in [0.2, 0.25) is 0 Å². The van der Waals surface area contributed by atoms with E-state index in [1.165, 1.54) is 6.20 Å². The Bertz CT molecular complexity index is 439. The summed E-state index contributed by atoms with van der Waals surface area (Å²) in [4.78, 5) is 9.00. The SMILES string of the molecule is CCNCc1cc(F)cnc1N1CC(C)N(C)C(C)C1. The first-order valence-corrected chi connectivity index (χ1v) is 7.35. The van der Waals surface area contributed by atoms with Crippen molar-refractivity contribution in [2.24, 2.45) is 0 Å². The third kappa shape index (κ3) is 3.27. The van der Waals surface area contributed by atoms with Crippen molar-refractivity contribution >= 4 is 5.82 Å². The Morgan fingerprint density at radius 1 is 1.35 bits per heavy atom. The smallest absolute Gasteiger partial charge is 0.141 e.